The molecule has 3 rings (SSSR count). The third-order valence-corrected chi connectivity index (χ3v) is 4.42. The molecular weight excluding hydrogens is 325 g/mol. The van der Waals surface area contributed by atoms with Crippen molar-refractivity contribution in [2.45, 2.75) is 25.8 Å². The van der Waals surface area contributed by atoms with Crippen LogP contribution in [-0.2, 0) is 26.3 Å². The van der Waals surface area contributed by atoms with Gasteiger partial charge in [-0.2, -0.15) is 0 Å². The minimum atomic E-state index is -1.13. The molecule has 1 unspecified atom stereocenters. The largest absolute Gasteiger partial charge is 0.505 e. The number of rotatable bonds is 4. The number of halogens is 1. The van der Waals surface area contributed by atoms with Crippen LogP contribution in [0.1, 0.15) is 25.1 Å². The highest BCUT2D eigenvalue weighted by Gasteiger charge is 2.46. The first-order chi connectivity index (χ1) is 11.9. The van der Waals surface area contributed by atoms with E-state index in [0.717, 1.165) is 5.56 Å². The summed E-state index contributed by atoms with van der Waals surface area (Å²) in [5, 5.41) is 10.4. The van der Waals surface area contributed by atoms with Crippen molar-refractivity contribution in [3.05, 3.63) is 65.2 Å². The van der Waals surface area contributed by atoms with Crippen molar-refractivity contribution >= 4 is 17.5 Å². The number of carbonyl (C=O) groups is 2. The van der Waals surface area contributed by atoms with Crippen LogP contribution < -0.4 is 0 Å². The maximum atomic E-state index is 13.2. The smallest absolute Gasteiger partial charge is 0.345 e. The number of aliphatic hydroxyl groups is 1. The molecule has 130 valence electrons. The van der Waals surface area contributed by atoms with E-state index in [1.54, 1.807) is 48.9 Å². The highest BCUT2D eigenvalue weighted by Crippen LogP contribution is 2.37. The van der Waals surface area contributed by atoms with Gasteiger partial charge in [0.25, 0.3) is 0 Å². The zero-order valence-electron chi connectivity index (χ0n) is 14.0. The van der Waals surface area contributed by atoms with Crippen LogP contribution in [0.4, 0.5) is 4.39 Å². The lowest BCUT2D eigenvalue weighted by Gasteiger charge is -2.36. The van der Waals surface area contributed by atoms with Crippen LogP contribution in [0, 0.1) is 5.82 Å². The minimum Gasteiger partial charge on any atom is -0.505 e. The van der Waals surface area contributed by atoms with Gasteiger partial charge in [0.2, 0.25) is 0 Å². The van der Waals surface area contributed by atoms with Crippen LogP contribution >= 0.6 is 0 Å². The Morgan fingerprint density at radius 1 is 1.28 bits per heavy atom. The fourth-order valence-corrected chi connectivity index (χ4v) is 3.18. The summed E-state index contributed by atoms with van der Waals surface area (Å²) in [6.07, 6.45) is 1.92. The first kappa shape index (κ1) is 17.0. The lowest BCUT2D eigenvalue weighted by Crippen LogP contribution is -2.47. The van der Waals surface area contributed by atoms with Gasteiger partial charge in [0.1, 0.15) is 16.9 Å². The van der Waals surface area contributed by atoms with Crippen molar-refractivity contribution in [2.24, 2.45) is 0 Å². The third-order valence-electron chi connectivity index (χ3n) is 4.42. The van der Waals surface area contributed by atoms with Crippen molar-refractivity contribution in [3.63, 3.8) is 0 Å². The molecule has 0 radical (unpaired) electrons. The van der Waals surface area contributed by atoms with E-state index in [0.29, 0.717) is 5.69 Å². The number of Topliss-reactive ketones (excluding diaryl/α,β-unsaturated/α-hetero) is 1. The Morgan fingerprint density at radius 2 is 1.96 bits per heavy atom. The number of aromatic nitrogens is 1. The van der Waals surface area contributed by atoms with E-state index in [-0.39, 0.29) is 30.2 Å². The molecule has 1 N–H and O–H groups in total. The number of ether oxygens (including phenoxy) is 1. The van der Waals surface area contributed by atoms with Gasteiger partial charge in [-0.3, -0.25) is 4.79 Å². The molecule has 0 bridgehead atoms. The van der Waals surface area contributed by atoms with Gasteiger partial charge in [-0.1, -0.05) is 12.1 Å². The Bertz CT molecular complexity index is 866. The number of hydrogen-bond acceptors (Lipinski definition) is 4. The predicted octanol–water partition coefficient (Wildman–Crippen LogP) is 3.00. The summed E-state index contributed by atoms with van der Waals surface area (Å²) < 4.78 is 19.7. The van der Waals surface area contributed by atoms with Crippen LogP contribution in [0.2, 0.25) is 0 Å². The third kappa shape index (κ3) is 2.73. The number of hydrogen-bond donors (Lipinski definition) is 1. The molecule has 1 aromatic heterocycles. The quantitative estimate of drug-likeness (QED) is 0.684. The number of fused-ring (bicyclic) bond motifs is 1. The number of carbonyl (C=O) groups excluding carboxylic acids is 2. The Balaban J connectivity index is 2.09. The van der Waals surface area contributed by atoms with Gasteiger partial charge in [0.15, 0.2) is 11.5 Å². The van der Waals surface area contributed by atoms with Crippen molar-refractivity contribution in [3.8, 4) is 0 Å². The van der Waals surface area contributed by atoms with Gasteiger partial charge in [-0.25, -0.2) is 9.18 Å². The summed E-state index contributed by atoms with van der Waals surface area (Å²) in [6, 6.07) is 9.16. The van der Waals surface area contributed by atoms with Gasteiger partial charge < -0.3 is 14.4 Å². The number of nitrogens with zero attached hydrogens (tertiary/aromatic N) is 1. The Hall–Kier alpha value is -2.89. The summed E-state index contributed by atoms with van der Waals surface area (Å²) in [5.74, 6) is -2.13. The summed E-state index contributed by atoms with van der Waals surface area (Å²) in [5.41, 5.74) is -0.378. The van der Waals surface area contributed by atoms with Crippen LogP contribution in [0.5, 0.6) is 0 Å². The molecule has 5 nitrogen and oxygen atoms in total. The fraction of sp³-hybridized carbons (Fsp3) is 0.263. The highest BCUT2D eigenvalue weighted by atomic mass is 19.1. The standard InChI is InChI=1S/C19H18FNO4/c1-3-25-18(24)15-16(22)14-5-4-10-21(14)19(2,17(15)23)11-12-6-8-13(20)9-7-12/h4-10,22H,3,11H2,1-2H3. The Morgan fingerprint density at radius 3 is 2.60 bits per heavy atom. The molecule has 0 saturated heterocycles. The topological polar surface area (TPSA) is 68.5 Å². The molecular formula is C19H18FNO4. The van der Waals surface area contributed by atoms with Gasteiger partial charge in [0, 0.05) is 12.6 Å². The molecule has 0 aliphatic carbocycles. The monoisotopic (exact) mass is 343 g/mol. The minimum absolute atomic E-state index is 0.0958. The first-order valence-corrected chi connectivity index (χ1v) is 7.96. The van der Waals surface area contributed by atoms with Crippen LogP contribution in [0.3, 0.4) is 0 Å². The molecule has 6 heteroatoms. The summed E-state index contributed by atoms with van der Waals surface area (Å²) in [6.45, 7) is 3.41. The highest BCUT2D eigenvalue weighted by molar-refractivity contribution is 6.25. The fourth-order valence-electron chi connectivity index (χ4n) is 3.18. The maximum Gasteiger partial charge on any atom is 0.345 e. The Labute approximate surface area is 144 Å². The molecule has 1 atom stereocenters. The second-order valence-corrected chi connectivity index (χ2v) is 6.11. The van der Waals surface area contributed by atoms with Crippen molar-refractivity contribution in [1.82, 2.24) is 4.57 Å². The van der Waals surface area contributed by atoms with E-state index in [4.69, 9.17) is 4.74 Å². The van der Waals surface area contributed by atoms with Gasteiger partial charge in [0.05, 0.1) is 12.3 Å². The average molecular weight is 343 g/mol. The van der Waals surface area contributed by atoms with Crippen molar-refractivity contribution in [1.29, 1.82) is 0 Å². The van der Waals surface area contributed by atoms with Crippen LogP contribution in [-0.4, -0.2) is 28.0 Å². The molecule has 2 heterocycles. The lowest BCUT2D eigenvalue weighted by molar-refractivity contribution is -0.141. The Kier molecular flexibility index (Phi) is 4.20. The van der Waals surface area contributed by atoms with Crippen LogP contribution in [0.15, 0.2) is 48.2 Å². The van der Waals surface area contributed by atoms with Gasteiger partial charge >= 0.3 is 5.97 Å². The SMILES string of the molecule is CCOC(=O)C1=C(O)c2cccn2C(C)(Cc2ccc(F)cc2)C1=O. The molecule has 0 amide bonds. The van der Waals surface area contributed by atoms with E-state index in [2.05, 4.69) is 0 Å². The molecule has 2 aromatic rings. The van der Waals surface area contributed by atoms with Gasteiger partial charge in [-0.05, 0) is 43.7 Å². The average Bonchev–Trinajstić information content (AvgIpc) is 3.07. The zero-order valence-corrected chi connectivity index (χ0v) is 14.0. The van der Waals surface area contributed by atoms with E-state index < -0.39 is 17.3 Å². The lowest BCUT2D eigenvalue weighted by atomic mass is 9.81. The van der Waals surface area contributed by atoms with E-state index in [9.17, 15) is 19.1 Å². The molecule has 1 aliphatic heterocycles. The van der Waals surface area contributed by atoms with E-state index in [1.807, 2.05) is 0 Å². The van der Waals surface area contributed by atoms with Crippen molar-refractivity contribution < 1.29 is 23.8 Å². The molecule has 0 spiro atoms. The molecule has 0 fully saturated rings. The number of benzene rings is 1. The predicted molar refractivity (Wildman–Crippen MR) is 89.4 cm³/mol. The van der Waals surface area contributed by atoms with E-state index in [1.165, 1.54) is 12.1 Å². The number of esters is 1. The van der Waals surface area contributed by atoms with Crippen LogP contribution in [0.25, 0.3) is 5.76 Å². The number of aliphatic hydroxyl groups excluding tert-OH is 1. The second-order valence-electron chi connectivity index (χ2n) is 6.11. The summed E-state index contributed by atoms with van der Waals surface area (Å²) >= 11 is 0. The molecule has 1 aliphatic rings. The van der Waals surface area contributed by atoms with Crippen molar-refractivity contribution in [2.75, 3.05) is 6.61 Å². The molecule has 0 saturated carbocycles. The maximum absolute atomic E-state index is 13.2. The molecule has 25 heavy (non-hydrogen) atoms. The van der Waals surface area contributed by atoms with Gasteiger partial charge in [-0.15, -0.1) is 0 Å². The summed E-state index contributed by atoms with van der Waals surface area (Å²) in [4.78, 5) is 25.3. The van der Waals surface area contributed by atoms with E-state index >= 15 is 0 Å². The first-order valence-electron chi connectivity index (χ1n) is 7.96. The zero-order chi connectivity index (χ0) is 18.2. The number of ketones is 1. The second kappa shape index (κ2) is 6.20. The molecule has 1 aromatic carbocycles. The summed E-state index contributed by atoms with van der Waals surface area (Å²) in [7, 11) is 0. The normalized spacial score (nSPS) is 19.7.